The molecule has 1 aromatic carbocycles. The van der Waals surface area contributed by atoms with Crippen LogP contribution in [0.5, 0.6) is 5.75 Å². The fourth-order valence-corrected chi connectivity index (χ4v) is 1.74. The first-order chi connectivity index (χ1) is 7.77. The van der Waals surface area contributed by atoms with Gasteiger partial charge in [0, 0.05) is 13.1 Å². The molecule has 0 bridgehead atoms. The van der Waals surface area contributed by atoms with E-state index >= 15 is 0 Å². The molecule has 0 aliphatic carbocycles. The Morgan fingerprint density at radius 1 is 1.50 bits per heavy atom. The van der Waals surface area contributed by atoms with Gasteiger partial charge in [-0.2, -0.15) is 0 Å². The maximum atomic E-state index is 12.0. The summed E-state index contributed by atoms with van der Waals surface area (Å²) in [6, 6.07) is 7.42. The second-order valence-electron chi connectivity index (χ2n) is 3.55. The van der Waals surface area contributed by atoms with Crippen molar-refractivity contribution in [3.05, 3.63) is 36.9 Å². The topological polar surface area (TPSA) is 55.6 Å². The van der Waals surface area contributed by atoms with Gasteiger partial charge in [0.25, 0.3) is 5.91 Å². The number of nitrogens with two attached hydrogens (primary N) is 1. The average Bonchev–Trinajstić information content (AvgIpc) is 2.32. The Bertz CT molecular complexity index is 417. The van der Waals surface area contributed by atoms with Gasteiger partial charge in [-0.15, -0.1) is 6.58 Å². The van der Waals surface area contributed by atoms with E-state index in [9.17, 15) is 4.79 Å². The van der Waals surface area contributed by atoms with Crippen LogP contribution in [0.15, 0.2) is 36.9 Å². The molecule has 1 atom stereocenters. The van der Waals surface area contributed by atoms with Gasteiger partial charge in [0.2, 0.25) is 0 Å². The third-order valence-electron chi connectivity index (χ3n) is 2.49. The quantitative estimate of drug-likeness (QED) is 0.768. The summed E-state index contributed by atoms with van der Waals surface area (Å²) < 4.78 is 5.52. The van der Waals surface area contributed by atoms with E-state index in [0.29, 0.717) is 12.3 Å². The maximum Gasteiger partial charge on any atom is 0.269 e. The number of hydrogen-bond acceptors (Lipinski definition) is 3. The van der Waals surface area contributed by atoms with Crippen LogP contribution in [0, 0.1) is 0 Å². The predicted octanol–water partition coefficient (Wildman–Crippen LogP) is 0.925. The predicted molar refractivity (Wildman–Crippen MR) is 62.5 cm³/mol. The molecule has 2 N–H and O–H groups in total. The number of carbonyl (C=O) groups excluding carboxylic acids is 1. The van der Waals surface area contributed by atoms with Crippen LogP contribution in [-0.2, 0) is 4.79 Å². The Morgan fingerprint density at radius 2 is 2.25 bits per heavy atom. The number of carbonyl (C=O) groups is 1. The summed E-state index contributed by atoms with van der Waals surface area (Å²) in [6.45, 7) is 4.30. The van der Waals surface area contributed by atoms with E-state index in [4.69, 9.17) is 10.5 Å². The summed E-state index contributed by atoms with van der Waals surface area (Å²) in [7, 11) is 0. The van der Waals surface area contributed by atoms with Crippen LogP contribution < -0.4 is 15.4 Å². The van der Waals surface area contributed by atoms with E-state index in [0.717, 1.165) is 5.69 Å². The number of hydrogen-bond donors (Lipinski definition) is 1. The van der Waals surface area contributed by atoms with Crippen LogP contribution in [0.25, 0.3) is 0 Å². The van der Waals surface area contributed by atoms with Crippen molar-refractivity contribution in [2.45, 2.75) is 6.10 Å². The summed E-state index contributed by atoms with van der Waals surface area (Å²) in [6.07, 6.45) is 1.10. The van der Waals surface area contributed by atoms with Crippen molar-refractivity contribution < 1.29 is 9.53 Å². The molecule has 0 aromatic heterocycles. The minimum atomic E-state index is -0.588. The minimum absolute atomic E-state index is 0.110. The molecular formula is C12H14N2O2. The van der Waals surface area contributed by atoms with Crippen molar-refractivity contribution in [2.75, 3.05) is 18.0 Å². The molecule has 0 spiro atoms. The number of anilines is 1. The Kier molecular flexibility index (Phi) is 2.92. The normalized spacial score (nSPS) is 18.9. The molecule has 1 amide bonds. The van der Waals surface area contributed by atoms with Gasteiger partial charge >= 0.3 is 0 Å². The first-order valence-corrected chi connectivity index (χ1v) is 5.16. The molecule has 0 fully saturated rings. The van der Waals surface area contributed by atoms with Gasteiger partial charge in [0.15, 0.2) is 6.10 Å². The molecule has 0 radical (unpaired) electrons. The second kappa shape index (κ2) is 4.37. The van der Waals surface area contributed by atoms with E-state index in [1.165, 1.54) is 0 Å². The summed E-state index contributed by atoms with van der Waals surface area (Å²) in [5.41, 5.74) is 6.29. The van der Waals surface area contributed by atoms with Crippen molar-refractivity contribution in [1.82, 2.24) is 0 Å². The highest BCUT2D eigenvalue weighted by Gasteiger charge is 2.32. The first-order valence-electron chi connectivity index (χ1n) is 5.16. The minimum Gasteiger partial charge on any atom is -0.477 e. The molecule has 0 saturated heterocycles. The molecule has 1 aromatic rings. The zero-order chi connectivity index (χ0) is 11.5. The SMILES string of the molecule is C=CCN1C(=O)C(CN)Oc2ccccc21. The zero-order valence-corrected chi connectivity index (χ0v) is 8.93. The van der Waals surface area contributed by atoms with Crippen LogP contribution >= 0.6 is 0 Å². The molecule has 4 nitrogen and oxygen atoms in total. The first kappa shape index (κ1) is 10.7. The van der Waals surface area contributed by atoms with Gasteiger partial charge in [-0.05, 0) is 12.1 Å². The smallest absolute Gasteiger partial charge is 0.269 e. The maximum absolute atomic E-state index is 12.0. The lowest BCUT2D eigenvalue weighted by molar-refractivity contribution is -0.125. The highest BCUT2D eigenvalue weighted by Crippen LogP contribution is 2.33. The molecular weight excluding hydrogens is 204 g/mol. The van der Waals surface area contributed by atoms with E-state index in [2.05, 4.69) is 6.58 Å². The van der Waals surface area contributed by atoms with Gasteiger partial charge in [0.1, 0.15) is 5.75 Å². The third kappa shape index (κ3) is 1.67. The summed E-state index contributed by atoms with van der Waals surface area (Å²) in [5, 5.41) is 0. The van der Waals surface area contributed by atoms with Crippen LogP contribution in [0.4, 0.5) is 5.69 Å². The zero-order valence-electron chi connectivity index (χ0n) is 8.93. The molecule has 0 saturated carbocycles. The molecule has 1 unspecified atom stereocenters. The monoisotopic (exact) mass is 218 g/mol. The Labute approximate surface area is 94.3 Å². The molecule has 1 aliphatic rings. The third-order valence-corrected chi connectivity index (χ3v) is 2.49. The number of rotatable bonds is 3. The van der Waals surface area contributed by atoms with Crippen molar-refractivity contribution in [1.29, 1.82) is 0 Å². The van der Waals surface area contributed by atoms with E-state index in [1.807, 2.05) is 24.3 Å². The number of para-hydroxylation sites is 2. The number of amides is 1. The lowest BCUT2D eigenvalue weighted by atomic mass is 10.1. The van der Waals surface area contributed by atoms with Crippen molar-refractivity contribution in [3.8, 4) is 5.75 Å². The van der Waals surface area contributed by atoms with Crippen LogP contribution in [-0.4, -0.2) is 25.1 Å². The van der Waals surface area contributed by atoms with Crippen LogP contribution in [0.2, 0.25) is 0 Å². The molecule has 84 valence electrons. The Morgan fingerprint density at radius 3 is 2.94 bits per heavy atom. The number of benzene rings is 1. The lowest BCUT2D eigenvalue weighted by Gasteiger charge is -2.33. The fraction of sp³-hybridized carbons (Fsp3) is 0.250. The van der Waals surface area contributed by atoms with E-state index in [-0.39, 0.29) is 12.5 Å². The van der Waals surface area contributed by atoms with Crippen molar-refractivity contribution >= 4 is 11.6 Å². The van der Waals surface area contributed by atoms with Gasteiger partial charge in [-0.25, -0.2) is 0 Å². The van der Waals surface area contributed by atoms with Gasteiger partial charge in [-0.3, -0.25) is 4.79 Å². The number of nitrogens with zero attached hydrogens (tertiary/aromatic N) is 1. The standard InChI is InChI=1S/C12H14N2O2/c1-2-7-14-9-5-3-4-6-10(9)16-11(8-13)12(14)15/h2-6,11H,1,7-8,13H2. The van der Waals surface area contributed by atoms with Crippen molar-refractivity contribution in [3.63, 3.8) is 0 Å². The summed E-state index contributed by atoms with van der Waals surface area (Å²) in [5.74, 6) is 0.584. The Hall–Kier alpha value is -1.81. The molecule has 1 heterocycles. The van der Waals surface area contributed by atoms with Crippen molar-refractivity contribution in [2.24, 2.45) is 5.73 Å². The van der Waals surface area contributed by atoms with Gasteiger partial charge < -0.3 is 15.4 Å². The fourth-order valence-electron chi connectivity index (χ4n) is 1.74. The Balaban J connectivity index is 2.42. The largest absolute Gasteiger partial charge is 0.477 e. The van der Waals surface area contributed by atoms with E-state index < -0.39 is 6.10 Å². The van der Waals surface area contributed by atoms with Gasteiger partial charge in [-0.1, -0.05) is 18.2 Å². The van der Waals surface area contributed by atoms with Crippen LogP contribution in [0.3, 0.4) is 0 Å². The summed E-state index contributed by atoms with van der Waals surface area (Å²) >= 11 is 0. The molecule has 16 heavy (non-hydrogen) atoms. The number of ether oxygens (including phenoxy) is 1. The average molecular weight is 218 g/mol. The van der Waals surface area contributed by atoms with Gasteiger partial charge in [0.05, 0.1) is 5.69 Å². The van der Waals surface area contributed by atoms with E-state index in [1.54, 1.807) is 11.0 Å². The highest BCUT2D eigenvalue weighted by atomic mass is 16.5. The molecule has 1 aliphatic heterocycles. The molecule has 4 heteroatoms. The summed E-state index contributed by atoms with van der Waals surface area (Å²) in [4.78, 5) is 13.6. The van der Waals surface area contributed by atoms with Crippen LogP contribution in [0.1, 0.15) is 0 Å². The highest BCUT2D eigenvalue weighted by molar-refractivity contribution is 6.00. The number of fused-ring (bicyclic) bond motifs is 1. The molecule has 2 rings (SSSR count). The lowest BCUT2D eigenvalue weighted by Crippen LogP contribution is -2.49. The second-order valence-corrected chi connectivity index (χ2v) is 3.55.